The van der Waals surface area contributed by atoms with Crippen LogP contribution < -0.4 is 10.6 Å². The van der Waals surface area contributed by atoms with Gasteiger partial charge in [-0.15, -0.1) is 0 Å². The minimum atomic E-state index is -0.386. The van der Waals surface area contributed by atoms with E-state index in [2.05, 4.69) is 10.6 Å². The average molecular weight is 494 g/mol. The van der Waals surface area contributed by atoms with Crippen molar-refractivity contribution < 1.29 is 18.8 Å². The predicted molar refractivity (Wildman–Crippen MR) is 137 cm³/mol. The molecule has 2 N–H and O–H groups in total. The molecule has 3 unspecified atom stereocenters. The molecular formula is C29H36FN3O3. The number of rotatable bonds is 7. The van der Waals surface area contributed by atoms with Gasteiger partial charge in [0.25, 0.3) is 5.91 Å². The summed E-state index contributed by atoms with van der Waals surface area (Å²) in [4.78, 5) is 41.2. The number of piperidine rings is 1. The van der Waals surface area contributed by atoms with Crippen LogP contribution in [0.15, 0.2) is 54.6 Å². The maximum Gasteiger partial charge on any atom is 0.251 e. The smallest absolute Gasteiger partial charge is 0.251 e. The van der Waals surface area contributed by atoms with E-state index in [4.69, 9.17) is 0 Å². The summed E-state index contributed by atoms with van der Waals surface area (Å²) in [5.41, 5.74) is 1.41. The van der Waals surface area contributed by atoms with Gasteiger partial charge in [0.1, 0.15) is 5.82 Å². The van der Waals surface area contributed by atoms with Crippen molar-refractivity contribution in [1.82, 2.24) is 15.5 Å². The maximum absolute atomic E-state index is 13.3. The van der Waals surface area contributed by atoms with Crippen molar-refractivity contribution in [2.75, 3.05) is 13.1 Å². The summed E-state index contributed by atoms with van der Waals surface area (Å²) in [5, 5.41) is 6.23. The largest absolute Gasteiger partial charge is 0.351 e. The van der Waals surface area contributed by atoms with Crippen LogP contribution >= 0.6 is 0 Å². The van der Waals surface area contributed by atoms with Crippen LogP contribution in [0.1, 0.15) is 73.7 Å². The SMILES string of the molecule is CCC(C(=O)N1CCCC(C(=O)NC2CCCC[C@H]2NC(=O)c2ccc(F)cc2)C1)c1ccccc1. The second-order valence-corrected chi connectivity index (χ2v) is 9.98. The number of likely N-dealkylation sites (tertiary alicyclic amines) is 1. The van der Waals surface area contributed by atoms with Gasteiger partial charge in [-0.05, 0) is 61.9 Å². The maximum atomic E-state index is 13.3. The first-order valence-corrected chi connectivity index (χ1v) is 13.2. The lowest BCUT2D eigenvalue weighted by atomic mass is 9.88. The third kappa shape index (κ3) is 6.31. The van der Waals surface area contributed by atoms with Gasteiger partial charge in [-0.2, -0.15) is 0 Å². The molecule has 192 valence electrons. The van der Waals surface area contributed by atoms with Crippen LogP contribution in [0, 0.1) is 11.7 Å². The molecule has 0 bridgehead atoms. The fourth-order valence-electron chi connectivity index (χ4n) is 5.48. The van der Waals surface area contributed by atoms with Crippen molar-refractivity contribution >= 4 is 17.7 Å². The Bertz CT molecular complexity index is 1040. The zero-order valence-electron chi connectivity index (χ0n) is 20.9. The number of hydrogen-bond donors (Lipinski definition) is 2. The Morgan fingerprint density at radius 2 is 1.58 bits per heavy atom. The van der Waals surface area contributed by atoms with Crippen LogP contribution in [-0.2, 0) is 9.59 Å². The molecule has 36 heavy (non-hydrogen) atoms. The molecule has 6 nitrogen and oxygen atoms in total. The summed E-state index contributed by atoms with van der Waals surface area (Å²) < 4.78 is 13.2. The summed E-state index contributed by atoms with van der Waals surface area (Å²) in [6, 6.07) is 15.0. The van der Waals surface area contributed by atoms with Gasteiger partial charge >= 0.3 is 0 Å². The van der Waals surface area contributed by atoms with E-state index in [0.29, 0.717) is 25.1 Å². The Kier molecular flexibility index (Phi) is 8.73. The van der Waals surface area contributed by atoms with Crippen molar-refractivity contribution in [2.24, 2.45) is 5.92 Å². The molecular weight excluding hydrogens is 457 g/mol. The summed E-state index contributed by atoms with van der Waals surface area (Å²) in [6.45, 7) is 3.12. The van der Waals surface area contributed by atoms with Crippen molar-refractivity contribution in [2.45, 2.75) is 69.9 Å². The van der Waals surface area contributed by atoms with Gasteiger partial charge in [0, 0.05) is 30.7 Å². The molecule has 3 amide bonds. The second kappa shape index (κ2) is 12.2. The minimum Gasteiger partial charge on any atom is -0.351 e. The zero-order valence-corrected chi connectivity index (χ0v) is 20.9. The molecule has 4 rings (SSSR count). The highest BCUT2D eigenvalue weighted by atomic mass is 19.1. The van der Waals surface area contributed by atoms with Crippen LogP contribution in [-0.4, -0.2) is 47.8 Å². The average Bonchev–Trinajstić information content (AvgIpc) is 2.91. The molecule has 0 radical (unpaired) electrons. The van der Waals surface area contributed by atoms with E-state index < -0.39 is 0 Å². The molecule has 2 aromatic carbocycles. The monoisotopic (exact) mass is 493 g/mol. The van der Waals surface area contributed by atoms with E-state index in [1.807, 2.05) is 42.2 Å². The van der Waals surface area contributed by atoms with Gasteiger partial charge in [0.05, 0.1) is 11.8 Å². The summed E-state index contributed by atoms with van der Waals surface area (Å²) in [5.74, 6) is -1.06. The number of benzene rings is 2. The molecule has 1 heterocycles. The zero-order chi connectivity index (χ0) is 25.5. The molecule has 1 aliphatic heterocycles. The molecule has 0 spiro atoms. The fourth-order valence-corrected chi connectivity index (χ4v) is 5.48. The molecule has 0 aromatic heterocycles. The Morgan fingerprint density at radius 1 is 0.917 bits per heavy atom. The Labute approximate surface area is 212 Å². The molecule has 2 aliphatic rings. The van der Waals surface area contributed by atoms with Gasteiger partial charge in [0.15, 0.2) is 0 Å². The van der Waals surface area contributed by atoms with E-state index >= 15 is 0 Å². The number of carbonyl (C=O) groups is 3. The molecule has 7 heteroatoms. The van der Waals surface area contributed by atoms with Crippen molar-refractivity contribution in [1.29, 1.82) is 0 Å². The van der Waals surface area contributed by atoms with E-state index in [9.17, 15) is 18.8 Å². The summed E-state index contributed by atoms with van der Waals surface area (Å²) in [6.07, 6.45) is 5.79. The molecule has 4 atom stereocenters. The van der Waals surface area contributed by atoms with Crippen LogP contribution in [0.4, 0.5) is 4.39 Å². The van der Waals surface area contributed by atoms with Gasteiger partial charge in [-0.1, -0.05) is 50.1 Å². The third-order valence-electron chi connectivity index (χ3n) is 7.53. The predicted octanol–water partition coefficient (Wildman–Crippen LogP) is 4.42. The highest BCUT2D eigenvalue weighted by molar-refractivity contribution is 5.94. The number of carbonyl (C=O) groups excluding carboxylic acids is 3. The molecule has 1 aliphatic carbocycles. The van der Waals surface area contributed by atoms with Crippen LogP contribution in [0.25, 0.3) is 0 Å². The van der Waals surface area contributed by atoms with Crippen molar-refractivity contribution in [3.05, 3.63) is 71.5 Å². The Morgan fingerprint density at radius 3 is 2.25 bits per heavy atom. The number of halogens is 1. The first-order valence-electron chi connectivity index (χ1n) is 13.2. The standard InChI is InChI=1S/C29H36FN3O3/c1-2-24(20-9-4-3-5-10-20)29(36)33-18-8-11-22(19-33)28(35)32-26-13-7-6-12-25(26)31-27(34)21-14-16-23(30)17-15-21/h3-5,9-10,14-17,22,24-26H,2,6-8,11-13,18-19H2,1H3,(H,31,34)(H,32,35)/t22?,24?,25-,26?/m1/s1. The molecule has 1 saturated carbocycles. The Balaban J connectivity index is 1.36. The first kappa shape index (κ1) is 25.9. The Hall–Kier alpha value is -3.22. The van der Waals surface area contributed by atoms with E-state index in [0.717, 1.165) is 44.1 Å². The van der Waals surface area contributed by atoms with E-state index in [-0.39, 0.29) is 47.5 Å². The second-order valence-electron chi connectivity index (χ2n) is 9.98. The quantitative estimate of drug-likeness (QED) is 0.600. The van der Waals surface area contributed by atoms with Gasteiger partial charge in [-0.3, -0.25) is 14.4 Å². The number of nitrogens with one attached hydrogen (secondary N) is 2. The highest BCUT2D eigenvalue weighted by Gasteiger charge is 2.34. The molecule has 2 fully saturated rings. The molecule has 1 saturated heterocycles. The number of nitrogens with zero attached hydrogens (tertiary/aromatic N) is 1. The lowest BCUT2D eigenvalue weighted by Gasteiger charge is -2.37. The fraction of sp³-hybridized carbons (Fsp3) is 0.483. The van der Waals surface area contributed by atoms with Crippen LogP contribution in [0.2, 0.25) is 0 Å². The van der Waals surface area contributed by atoms with Crippen LogP contribution in [0.3, 0.4) is 0 Å². The minimum absolute atomic E-state index is 0.0480. The van der Waals surface area contributed by atoms with Gasteiger partial charge in [-0.25, -0.2) is 4.39 Å². The van der Waals surface area contributed by atoms with Crippen LogP contribution in [0.5, 0.6) is 0 Å². The molecule has 2 aromatic rings. The van der Waals surface area contributed by atoms with E-state index in [1.165, 1.54) is 24.3 Å². The highest BCUT2D eigenvalue weighted by Crippen LogP contribution is 2.26. The van der Waals surface area contributed by atoms with E-state index in [1.54, 1.807) is 0 Å². The van der Waals surface area contributed by atoms with Crippen molar-refractivity contribution in [3.8, 4) is 0 Å². The van der Waals surface area contributed by atoms with Gasteiger partial charge < -0.3 is 15.5 Å². The first-order chi connectivity index (χ1) is 17.5. The number of hydrogen-bond acceptors (Lipinski definition) is 3. The number of amides is 3. The summed E-state index contributed by atoms with van der Waals surface area (Å²) >= 11 is 0. The van der Waals surface area contributed by atoms with Gasteiger partial charge in [0.2, 0.25) is 11.8 Å². The topological polar surface area (TPSA) is 78.5 Å². The third-order valence-corrected chi connectivity index (χ3v) is 7.53. The van der Waals surface area contributed by atoms with Crippen molar-refractivity contribution in [3.63, 3.8) is 0 Å². The summed E-state index contributed by atoms with van der Waals surface area (Å²) in [7, 11) is 0. The lowest BCUT2D eigenvalue weighted by molar-refractivity contribution is -0.137. The normalized spacial score (nSPS) is 22.9. The lowest BCUT2D eigenvalue weighted by Crippen LogP contribution is -2.55.